The Labute approximate surface area is 125 Å². The SMILES string of the molecule is CCCN1CCC(CNC(=NC)NCC(CC)CC)C1. The molecule has 0 saturated carbocycles. The van der Waals surface area contributed by atoms with Crippen molar-refractivity contribution in [3.05, 3.63) is 0 Å². The van der Waals surface area contributed by atoms with E-state index >= 15 is 0 Å². The van der Waals surface area contributed by atoms with Crippen molar-refractivity contribution in [2.45, 2.75) is 46.5 Å². The van der Waals surface area contributed by atoms with Gasteiger partial charge in [-0.2, -0.15) is 0 Å². The molecular formula is C16H34N4. The van der Waals surface area contributed by atoms with Crippen LogP contribution in [0.15, 0.2) is 4.99 Å². The van der Waals surface area contributed by atoms with Gasteiger partial charge in [-0.3, -0.25) is 4.99 Å². The Balaban J connectivity index is 2.22. The highest BCUT2D eigenvalue weighted by Crippen LogP contribution is 2.15. The highest BCUT2D eigenvalue weighted by Gasteiger charge is 2.21. The van der Waals surface area contributed by atoms with Gasteiger partial charge in [0.1, 0.15) is 0 Å². The van der Waals surface area contributed by atoms with Crippen LogP contribution in [0.25, 0.3) is 0 Å². The summed E-state index contributed by atoms with van der Waals surface area (Å²) in [6, 6.07) is 0. The fraction of sp³-hybridized carbons (Fsp3) is 0.938. The average molecular weight is 282 g/mol. The van der Waals surface area contributed by atoms with Gasteiger partial charge in [-0.15, -0.1) is 0 Å². The molecule has 1 aliphatic rings. The number of aliphatic imine (C=N–C) groups is 1. The largest absolute Gasteiger partial charge is 0.356 e. The summed E-state index contributed by atoms with van der Waals surface area (Å²) in [5, 5.41) is 6.95. The van der Waals surface area contributed by atoms with Crippen molar-refractivity contribution in [2.75, 3.05) is 39.8 Å². The Hall–Kier alpha value is -0.770. The molecule has 0 spiro atoms. The molecule has 118 valence electrons. The molecule has 0 radical (unpaired) electrons. The number of rotatable bonds is 8. The molecule has 4 heteroatoms. The third kappa shape index (κ3) is 6.12. The molecule has 0 amide bonds. The van der Waals surface area contributed by atoms with E-state index in [4.69, 9.17) is 0 Å². The Morgan fingerprint density at radius 1 is 1.25 bits per heavy atom. The molecule has 0 aromatic rings. The second-order valence-electron chi connectivity index (χ2n) is 5.97. The van der Waals surface area contributed by atoms with Gasteiger partial charge in [-0.1, -0.05) is 33.6 Å². The standard InChI is InChI=1S/C16H34N4/c1-5-9-20-10-8-15(13-20)12-19-16(17-4)18-11-14(6-2)7-3/h14-15H,5-13H2,1-4H3,(H2,17,18,19). The molecule has 1 heterocycles. The Morgan fingerprint density at radius 2 is 2.00 bits per heavy atom. The molecule has 1 rings (SSSR count). The Kier molecular flexibility index (Phi) is 8.67. The molecule has 1 saturated heterocycles. The van der Waals surface area contributed by atoms with Crippen molar-refractivity contribution < 1.29 is 0 Å². The van der Waals surface area contributed by atoms with E-state index in [1.54, 1.807) is 0 Å². The van der Waals surface area contributed by atoms with Crippen molar-refractivity contribution in [1.29, 1.82) is 0 Å². The molecule has 1 fully saturated rings. The van der Waals surface area contributed by atoms with E-state index in [1.807, 2.05) is 7.05 Å². The van der Waals surface area contributed by atoms with Gasteiger partial charge in [0, 0.05) is 26.7 Å². The highest BCUT2D eigenvalue weighted by molar-refractivity contribution is 5.79. The van der Waals surface area contributed by atoms with Crippen molar-refractivity contribution >= 4 is 5.96 Å². The van der Waals surface area contributed by atoms with Gasteiger partial charge in [0.05, 0.1) is 0 Å². The Morgan fingerprint density at radius 3 is 2.60 bits per heavy atom. The van der Waals surface area contributed by atoms with E-state index in [9.17, 15) is 0 Å². The smallest absolute Gasteiger partial charge is 0.190 e. The van der Waals surface area contributed by atoms with Crippen LogP contribution < -0.4 is 10.6 Å². The highest BCUT2D eigenvalue weighted by atomic mass is 15.2. The molecular weight excluding hydrogens is 248 g/mol. The first-order chi connectivity index (χ1) is 9.73. The van der Waals surface area contributed by atoms with Crippen LogP contribution in [0, 0.1) is 11.8 Å². The van der Waals surface area contributed by atoms with Crippen molar-refractivity contribution in [1.82, 2.24) is 15.5 Å². The lowest BCUT2D eigenvalue weighted by Crippen LogP contribution is -2.42. The van der Waals surface area contributed by atoms with E-state index in [0.29, 0.717) is 0 Å². The summed E-state index contributed by atoms with van der Waals surface area (Å²) in [6.45, 7) is 12.6. The normalized spacial score (nSPS) is 20.6. The minimum absolute atomic E-state index is 0.750. The second kappa shape index (κ2) is 10.0. The molecule has 1 unspecified atom stereocenters. The zero-order chi connectivity index (χ0) is 14.8. The molecule has 20 heavy (non-hydrogen) atoms. The summed E-state index contributed by atoms with van der Waals surface area (Å²) in [4.78, 5) is 6.90. The van der Waals surface area contributed by atoms with Gasteiger partial charge >= 0.3 is 0 Å². The molecule has 4 nitrogen and oxygen atoms in total. The molecule has 2 N–H and O–H groups in total. The van der Waals surface area contributed by atoms with E-state index in [0.717, 1.165) is 30.9 Å². The molecule has 1 atom stereocenters. The topological polar surface area (TPSA) is 39.7 Å². The first kappa shape index (κ1) is 17.3. The molecule has 0 aromatic carbocycles. The van der Waals surface area contributed by atoms with Gasteiger partial charge in [0.25, 0.3) is 0 Å². The molecule has 1 aliphatic heterocycles. The van der Waals surface area contributed by atoms with Crippen LogP contribution in [0.2, 0.25) is 0 Å². The van der Waals surface area contributed by atoms with Gasteiger partial charge in [-0.05, 0) is 37.8 Å². The zero-order valence-corrected chi connectivity index (χ0v) is 13.9. The summed E-state index contributed by atoms with van der Waals surface area (Å²) >= 11 is 0. The third-order valence-corrected chi connectivity index (χ3v) is 4.40. The number of likely N-dealkylation sites (tertiary alicyclic amines) is 1. The van der Waals surface area contributed by atoms with E-state index in [2.05, 4.69) is 41.3 Å². The summed E-state index contributed by atoms with van der Waals surface area (Å²) in [7, 11) is 1.86. The van der Waals surface area contributed by atoms with Crippen molar-refractivity contribution in [3.63, 3.8) is 0 Å². The third-order valence-electron chi connectivity index (χ3n) is 4.40. The van der Waals surface area contributed by atoms with E-state index in [-0.39, 0.29) is 0 Å². The summed E-state index contributed by atoms with van der Waals surface area (Å²) in [5.41, 5.74) is 0. The quantitative estimate of drug-likeness (QED) is 0.530. The molecule has 0 bridgehead atoms. The van der Waals surface area contributed by atoms with Crippen molar-refractivity contribution in [2.24, 2.45) is 16.8 Å². The van der Waals surface area contributed by atoms with Gasteiger partial charge < -0.3 is 15.5 Å². The maximum absolute atomic E-state index is 4.33. The lowest BCUT2D eigenvalue weighted by molar-refractivity contribution is 0.324. The van der Waals surface area contributed by atoms with Gasteiger partial charge in [0.15, 0.2) is 5.96 Å². The van der Waals surface area contributed by atoms with Crippen LogP contribution in [0.4, 0.5) is 0 Å². The molecule has 0 aliphatic carbocycles. The number of nitrogens with one attached hydrogen (secondary N) is 2. The average Bonchev–Trinajstić information content (AvgIpc) is 2.91. The van der Waals surface area contributed by atoms with Crippen LogP contribution in [-0.4, -0.2) is 50.6 Å². The summed E-state index contributed by atoms with van der Waals surface area (Å²) in [5.74, 6) is 2.49. The predicted molar refractivity (Wildman–Crippen MR) is 88.3 cm³/mol. The lowest BCUT2D eigenvalue weighted by atomic mass is 10.0. The summed E-state index contributed by atoms with van der Waals surface area (Å²) in [6.07, 6.45) is 5.04. The van der Waals surface area contributed by atoms with Gasteiger partial charge in [-0.25, -0.2) is 0 Å². The van der Waals surface area contributed by atoms with Crippen molar-refractivity contribution in [3.8, 4) is 0 Å². The first-order valence-corrected chi connectivity index (χ1v) is 8.40. The number of hydrogen-bond donors (Lipinski definition) is 2. The number of guanidine groups is 1. The zero-order valence-electron chi connectivity index (χ0n) is 13.9. The van der Waals surface area contributed by atoms with E-state index in [1.165, 1.54) is 45.3 Å². The summed E-state index contributed by atoms with van der Waals surface area (Å²) < 4.78 is 0. The minimum Gasteiger partial charge on any atom is -0.356 e. The maximum atomic E-state index is 4.33. The van der Waals surface area contributed by atoms with E-state index < -0.39 is 0 Å². The predicted octanol–water partition coefficient (Wildman–Crippen LogP) is 2.32. The second-order valence-corrected chi connectivity index (χ2v) is 5.97. The maximum Gasteiger partial charge on any atom is 0.190 e. The fourth-order valence-electron chi connectivity index (χ4n) is 2.88. The number of nitrogens with zero attached hydrogens (tertiary/aromatic N) is 2. The Bertz CT molecular complexity index is 274. The van der Waals surface area contributed by atoms with Crippen LogP contribution in [0.1, 0.15) is 46.5 Å². The fourth-order valence-corrected chi connectivity index (χ4v) is 2.88. The van der Waals surface area contributed by atoms with Crippen LogP contribution >= 0.6 is 0 Å². The first-order valence-electron chi connectivity index (χ1n) is 8.40. The van der Waals surface area contributed by atoms with Crippen LogP contribution in [-0.2, 0) is 0 Å². The van der Waals surface area contributed by atoms with Crippen LogP contribution in [0.3, 0.4) is 0 Å². The van der Waals surface area contributed by atoms with Crippen LogP contribution in [0.5, 0.6) is 0 Å². The minimum atomic E-state index is 0.750. The van der Waals surface area contributed by atoms with Gasteiger partial charge in [0.2, 0.25) is 0 Å². The number of hydrogen-bond acceptors (Lipinski definition) is 2. The molecule has 0 aromatic heterocycles. The lowest BCUT2D eigenvalue weighted by Gasteiger charge is -2.19. The monoisotopic (exact) mass is 282 g/mol.